The number of benzene rings is 2. The van der Waals surface area contributed by atoms with Crippen molar-refractivity contribution < 1.29 is 4.39 Å². The Morgan fingerprint density at radius 3 is 2.40 bits per heavy atom. The van der Waals surface area contributed by atoms with E-state index in [1.165, 1.54) is 12.1 Å². The number of anilines is 2. The topological polar surface area (TPSA) is 29.3 Å². The zero-order valence-corrected chi connectivity index (χ0v) is 12.5. The predicted molar refractivity (Wildman–Crippen MR) is 86.4 cm³/mol. The highest BCUT2D eigenvalue weighted by Gasteiger charge is 2.12. The highest BCUT2D eigenvalue weighted by molar-refractivity contribution is 7.80. The third-order valence-corrected chi connectivity index (χ3v) is 3.52. The maximum atomic E-state index is 13.0. The van der Waals surface area contributed by atoms with Gasteiger partial charge in [-0.15, -0.1) is 0 Å². The van der Waals surface area contributed by atoms with Crippen molar-refractivity contribution in [3.8, 4) is 0 Å². The molecule has 0 fully saturated rings. The zero-order chi connectivity index (χ0) is 14.7. The Labute approximate surface area is 128 Å². The van der Waals surface area contributed by atoms with Crippen LogP contribution in [0.25, 0.3) is 0 Å². The molecule has 0 aliphatic carbocycles. The number of halogens is 2. The highest BCUT2D eigenvalue weighted by Crippen LogP contribution is 2.32. The Balaban J connectivity index is 2.41. The molecule has 0 spiro atoms. The fourth-order valence-corrected chi connectivity index (χ4v) is 2.40. The molecule has 2 nitrogen and oxygen atoms in total. The molecule has 0 saturated heterocycles. The van der Waals surface area contributed by atoms with Gasteiger partial charge in [0.15, 0.2) is 0 Å². The van der Waals surface area contributed by atoms with Crippen molar-refractivity contribution in [2.24, 2.45) is 5.73 Å². The average Bonchev–Trinajstić information content (AvgIpc) is 2.43. The normalized spacial score (nSPS) is 10.3. The molecule has 104 valence electrons. The van der Waals surface area contributed by atoms with Gasteiger partial charge in [-0.1, -0.05) is 23.8 Å². The van der Waals surface area contributed by atoms with E-state index in [4.69, 9.17) is 29.6 Å². The number of hydrogen-bond donors (Lipinski definition) is 1. The minimum Gasteiger partial charge on any atom is -0.389 e. The Kier molecular flexibility index (Phi) is 4.57. The molecule has 0 saturated carbocycles. The van der Waals surface area contributed by atoms with Crippen molar-refractivity contribution in [1.29, 1.82) is 0 Å². The van der Waals surface area contributed by atoms with Crippen molar-refractivity contribution in [1.82, 2.24) is 0 Å². The standard InChI is InChI=1S/C15H14ClFN2S/c1-2-19(12-6-4-11(17)5-7-12)14-8-3-10(15(18)20)9-13(14)16/h3-9H,2H2,1H3,(H2,18,20). The van der Waals surface area contributed by atoms with Crippen LogP contribution in [0.2, 0.25) is 5.02 Å². The molecule has 2 N–H and O–H groups in total. The van der Waals surface area contributed by atoms with Gasteiger partial charge in [-0.25, -0.2) is 4.39 Å². The lowest BCUT2D eigenvalue weighted by molar-refractivity contribution is 0.628. The molecule has 0 radical (unpaired) electrons. The van der Waals surface area contributed by atoms with E-state index in [0.29, 0.717) is 16.6 Å². The fraction of sp³-hybridized carbons (Fsp3) is 0.133. The van der Waals surface area contributed by atoms with Crippen LogP contribution in [0.5, 0.6) is 0 Å². The fourth-order valence-electron chi connectivity index (χ4n) is 1.99. The maximum absolute atomic E-state index is 13.0. The molecule has 0 amide bonds. The van der Waals surface area contributed by atoms with E-state index < -0.39 is 0 Å². The van der Waals surface area contributed by atoms with Crippen molar-refractivity contribution >= 4 is 40.2 Å². The summed E-state index contributed by atoms with van der Waals surface area (Å²) in [6, 6.07) is 11.7. The predicted octanol–water partition coefficient (Wildman–Crippen LogP) is 4.27. The lowest BCUT2D eigenvalue weighted by Gasteiger charge is -2.24. The summed E-state index contributed by atoms with van der Waals surface area (Å²) >= 11 is 11.2. The first-order valence-electron chi connectivity index (χ1n) is 6.15. The van der Waals surface area contributed by atoms with Crippen molar-refractivity contribution in [3.05, 3.63) is 58.9 Å². The number of thiocarbonyl (C=S) groups is 1. The monoisotopic (exact) mass is 308 g/mol. The van der Waals surface area contributed by atoms with Gasteiger partial charge in [0.25, 0.3) is 0 Å². The average molecular weight is 309 g/mol. The van der Waals surface area contributed by atoms with Gasteiger partial charge < -0.3 is 10.6 Å². The number of nitrogens with two attached hydrogens (primary N) is 1. The van der Waals surface area contributed by atoms with E-state index in [0.717, 1.165) is 16.9 Å². The van der Waals surface area contributed by atoms with Crippen LogP contribution in [0.15, 0.2) is 42.5 Å². The van der Waals surface area contributed by atoms with E-state index >= 15 is 0 Å². The molecule has 0 aromatic heterocycles. The SMILES string of the molecule is CCN(c1ccc(F)cc1)c1ccc(C(N)=S)cc1Cl. The van der Waals surface area contributed by atoms with Gasteiger partial charge in [0.2, 0.25) is 0 Å². The van der Waals surface area contributed by atoms with Crippen LogP contribution in [-0.2, 0) is 0 Å². The van der Waals surface area contributed by atoms with Gasteiger partial charge >= 0.3 is 0 Å². The van der Waals surface area contributed by atoms with Gasteiger partial charge in [0, 0.05) is 17.8 Å². The minimum atomic E-state index is -0.264. The summed E-state index contributed by atoms with van der Waals surface area (Å²) in [5.74, 6) is -0.264. The summed E-state index contributed by atoms with van der Waals surface area (Å²) in [5.41, 5.74) is 8.02. The highest BCUT2D eigenvalue weighted by atomic mass is 35.5. The van der Waals surface area contributed by atoms with Crippen LogP contribution in [0.3, 0.4) is 0 Å². The Hall–Kier alpha value is -1.65. The van der Waals surface area contributed by atoms with Gasteiger partial charge in [0.05, 0.1) is 10.7 Å². The van der Waals surface area contributed by atoms with E-state index in [2.05, 4.69) is 0 Å². The second kappa shape index (κ2) is 6.20. The van der Waals surface area contributed by atoms with Crippen LogP contribution in [0.4, 0.5) is 15.8 Å². The third kappa shape index (κ3) is 3.08. The third-order valence-electron chi connectivity index (χ3n) is 2.98. The quantitative estimate of drug-likeness (QED) is 0.855. The second-order valence-corrected chi connectivity index (χ2v) is 5.10. The van der Waals surface area contributed by atoms with Gasteiger partial charge in [-0.3, -0.25) is 0 Å². The minimum absolute atomic E-state index is 0.264. The van der Waals surface area contributed by atoms with E-state index in [1.54, 1.807) is 18.2 Å². The molecular formula is C15H14ClFN2S. The first kappa shape index (κ1) is 14.8. The molecule has 5 heteroatoms. The number of hydrogen-bond acceptors (Lipinski definition) is 2. The van der Waals surface area contributed by atoms with Crippen LogP contribution in [-0.4, -0.2) is 11.5 Å². The van der Waals surface area contributed by atoms with E-state index in [9.17, 15) is 4.39 Å². The van der Waals surface area contributed by atoms with Crippen LogP contribution < -0.4 is 10.6 Å². The molecule has 2 aromatic carbocycles. The van der Waals surface area contributed by atoms with E-state index in [-0.39, 0.29) is 5.82 Å². The molecule has 0 heterocycles. The summed E-state index contributed by atoms with van der Waals surface area (Å²) in [7, 11) is 0. The molecule has 0 aliphatic rings. The summed E-state index contributed by atoms with van der Waals surface area (Å²) in [6.45, 7) is 2.71. The Bertz CT molecular complexity index is 628. The van der Waals surface area contributed by atoms with Crippen molar-refractivity contribution in [2.75, 3.05) is 11.4 Å². The Morgan fingerprint density at radius 2 is 1.90 bits per heavy atom. The second-order valence-electron chi connectivity index (χ2n) is 4.25. The largest absolute Gasteiger partial charge is 0.389 e. The lowest BCUT2D eigenvalue weighted by atomic mass is 10.1. The first-order chi connectivity index (χ1) is 9.52. The maximum Gasteiger partial charge on any atom is 0.123 e. The molecule has 2 aromatic rings. The van der Waals surface area contributed by atoms with Crippen LogP contribution in [0, 0.1) is 5.82 Å². The smallest absolute Gasteiger partial charge is 0.123 e. The molecule has 0 aliphatic heterocycles. The van der Waals surface area contributed by atoms with Crippen molar-refractivity contribution in [3.63, 3.8) is 0 Å². The Morgan fingerprint density at radius 1 is 1.25 bits per heavy atom. The van der Waals surface area contributed by atoms with Gasteiger partial charge in [-0.05, 0) is 49.4 Å². The van der Waals surface area contributed by atoms with Crippen LogP contribution >= 0.6 is 23.8 Å². The van der Waals surface area contributed by atoms with Gasteiger partial charge in [0.1, 0.15) is 10.8 Å². The first-order valence-corrected chi connectivity index (χ1v) is 6.94. The molecule has 20 heavy (non-hydrogen) atoms. The summed E-state index contributed by atoms with van der Waals surface area (Å²) in [4.78, 5) is 2.30. The van der Waals surface area contributed by atoms with E-state index in [1.807, 2.05) is 24.0 Å². The number of nitrogens with zero attached hydrogens (tertiary/aromatic N) is 1. The molecular weight excluding hydrogens is 295 g/mol. The molecule has 2 rings (SSSR count). The van der Waals surface area contributed by atoms with Crippen molar-refractivity contribution in [2.45, 2.75) is 6.92 Å². The van der Waals surface area contributed by atoms with Crippen LogP contribution in [0.1, 0.15) is 12.5 Å². The molecule has 0 atom stereocenters. The summed E-state index contributed by atoms with van der Waals surface area (Å²) < 4.78 is 13.0. The zero-order valence-electron chi connectivity index (χ0n) is 10.9. The molecule has 0 unspecified atom stereocenters. The summed E-state index contributed by atoms with van der Waals surface area (Å²) in [5, 5.41) is 0.557. The summed E-state index contributed by atoms with van der Waals surface area (Å²) in [6.07, 6.45) is 0. The number of rotatable bonds is 4. The molecule has 0 bridgehead atoms. The van der Waals surface area contributed by atoms with Gasteiger partial charge in [-0.2, -0.15) is 0 Å². The lowest BCUT2D eigenvalue weighted by Crippen LogP contribution is -2.17.